The number of hydrogen-bond donors (Lipinski definition) is 2. The maximum absolute atomic E-state index is 4.14. The van der Waals surface area contributed by atoms with Gasteiger partial charge in [0.2, 0.25) is 0 Å². The fourth-order valence-electron chi connectivity index (χ4n) is 1.18. The van der Waals surface area contributed by atoms with Gasteiger partial charge in [0.25, 0.3) is 0 Å². The predicted molar refractivity (Wildman–Crippen MR) is 68.9 cm³/mol. The Bertz CT molecular complexity index is 405. The van der Waals surface area contributed by atoms with E-state index in [4.69, 9.17) is 0 Å². The molecule has 0 aliphatic rings. The Morgan fingerprint density at radius 1 is 1.40 bits per heavy atom. The van der Waals surface area contributed by atoms with Crippen LogP contribution in [-0.4, -0.2) is 9.97 Å². The Morgan fingerprint density at radius 3 is 2.87 bits per heavy atom. The van der Waals surface area contributed by atoms with Crippen LogP contribution in [0, 0.1) is 0 Å². The molecule has 0 saturated carbocycles. The average Bonchev–Trinajstić information content (AvgIpc) is 2.79. The van der Waals surface area contributed by atoms with E-state index < -0.39 is 0 Å². The Labute approximate surface area is 109 Å². The third-order valence-electron chi connectivity index (χ3n) is 1.84. The number of imidazole rings is 1. The van der Waals surface area contributed by atoms with Crippen molar-refractivity contribution in [1.82, 2.24) is 15.3 Å². The molecular weight excluding hydrogens is 342 g/mol. The second-order valence-electron chi connectivity index (χ2n) is 2.97. The molecule has 2 aromatic heterocycles. The van der Waals surface area contributed by atoms with Crippen LogP contribution in [-0.2, 0) is 13.1 Å². The minimum absolute atomic E-state index is 0.764. The van der Waals surface area contributed by atoms with E-state index in [2.05, 4.69) is 53.2 Å². The number of aromatic nitrogens is 2. The SMILES string of the molecule is Brc1cc(CNCc2ncc[nH]2)sc1Br. The summed E-state index contributed by atoms with van der Waals surface area (Å²) >= 11 is 8.66. The first-order chi connectivity index (χ1) is 7.25. The molecule has 2 aromatic rings. The molecule has 2 N–H and O–H groups in total. The fourth-order valence-corrected chi connectivity index (χ4v) is 3.32. The Morgan fingerprint density at radius 2 is 2.27 bits per heavy atom. The van der Waals surface area contributed by atoms with E-state index >= 15 is 0 Å². The van der Waals surface area contributed by atoms with Crippen LogP contribution in [0.15, 0.2) is 26.7 Å². The van der Waals surface area contributed by atoms with Crippen molar-refractivity contribution in [2.24, 2.45) is 0 Å². The lowest BCUT2D eigenvalue weighted by molar-refractivity contribution is 0.675. The molecule has 0 saturated heterocycles. The monoisotopic (exact) mass is 349 g/mol. The summed E-state index contributed by atoms with van der Waals surface area (Å²) in [4.78, 5) is 8.48. The quantitative estimate of drug-likeness (QED) is 0.888. The number of hydrogen-bond acceptors (Lipinski definition) is 3. The second-order valence-corrected chi connectivity index (χ2v) is 6.28. The lowest BCUT2D eigenvalue weighted by atomic mass is 10.4. The lowest BCUT2D eigenvalue weighted by Crippen LogP contribution is -2.12. The number of halogens is 2. The highest BCUT2D eigenvalue weighted by molar-refractivity contribution is 9.13. The van der Waals surface area contributed by atoms with Gasteiger partial charge < -0.3 is 10.3 Å². The van der Waals surface area contributed by atoms with Crippen LogP contribution in [0.2, 0.25) is 0 Å². The molecule has 80 valence electrons. The zero-order chi connectivity index (χ0) is 10.7. The maximum atomic E-state index is 4.14. The van der Waals surface area contributed by atoms with Gasteiger partial charge in [-0.25, -0.2) is 4.98 Å². The van der Waals surface area contributed by atoms with Crippen molar-refractivity contribution in [2.45, 2.75) is 13.1 Å². The molecule has 0 radical (unpaired) electrons. The predicted octanol–water partition coefficient (Wildman–Crippen LogP) is 3.29. The average molecular weight is 351 g/mol. The summed E-state index contributed by atoms with van der Waals surface area (Å²) in [6.07, 6.45) is 3.59. The van der Waals surface area contributed by atoms with Crippen molar-refractivity contribution in [3.63, 3.8) is 0 Å². The van der Waals surface area contributed by atoms with Crippen molar-refractivity contribution in [3.05, 3.63) is 37.4 Å². The lowest BCUT2D eigenvalue weighted by Gasteiger charge is -1.99. The van der Waals surface area contributed by atoms with E-state index in [9.17, 15) is 0 Å². The van der Waals surface area contributed by atoms with Gasteiger partial charge in [0, 0.05) is 28.3 Å². The van der Waals surface area contributed by atoms with E-state index in [0.29, 0.717) is 0 Å². The number of H-pyrrole nitrogens is 1. The molecule has 0 aliphatic carbocycles. The van der Waals surface area contributed by atoms with Crippen LogP contribution in [0.3, 0.4) is 0 Å². The molecule has 0 unspecified atom stereocenters. The van der Waals surface area contributed by atoms with Gasteiger partial charge in [0.1, 0.15) is 5.82 Å². The van der Waals surface area contributed by atoms with E-state index in [-0.39, 0.29) is 0 Å². The zero-order valence-electron chi connectivity index (χ0n) is 7.76. The topological polar surface area (TPSA) is 40.7 Å². The summed E-state index contributed by atoms with van der Waals surface area (Å²) in [5.74, 6) is 0.963. The molecule has 2 heterocycles. The number of nitrogens with one attached hydrogen (secondary N) is 2. The van der Waals surface area contributed by atoms with Gasteiger partial charge in [-0.3, -0.25) is 0 Å². The van der Waals surface area contributed by atoms with Gasteiger partial charge in [-0.15, -0.1) is 11.3 Å². The molecular formula is C9H9Br2N3S. The molecule has 0 amide bonds. The molecule has 0 aromatic carbocycles. The molecule has 0 bridgehead atoms. The van der Waals surface area contributed by atoms with Crippen LogP contribution in [0.5, 0.6) is 0 Å². The maximum Gasteiger partial charge on any atom is 0.120 e. The highest BCUT2D eigenvalue weighted by atomic mass is 79.9. The summed E-state index contributed by atoms with van der Waals surface area (Å²) in [6.45, 7) is 1.62. The van der Waals surface area contributed by atoms with Crippen LogP contribution >= 0.6 is 43.2 Å². The van der Waals surface area contributed by atoms with Crippen molar-refractivity contribution >= 4 is 43.2 Å². The third kappa shape index (κ3) is 3.14. The first-order valence-electron chi connectivity index (χ1n) is 4.38. The van der Waals surface area contributed by atoms with Crippen LogP contribution in [0.4, 0.5) is 0 Å². The van der Waals surface area contributed by atoms with Crippen molar-refractivity contribution in [2.75, 3.05) is 0 Å². The highest BCUT2D eigenvalue weighted by Crippen LogP contribution is 2.32. The molecule has 15 heavy (non-hydrogen) atoms. The third-order valence-corrected chi connectivity index (χ3v) is 5.10. The summed E-state index contributed by atoms with van der Waals surface area (Å²) in [6, 6.07) is 2.11. The summed E-state index contributed by atoms with van der Waals surface area (Å²) < 4.78 is 2.25. The Hall–Kier alpha value is -0.170. The normalized spacial score (nSPS) is 10.8. The minimum Gasteiger partial charge on any atom is -0.348 e. The molecule has 0 spiro atoms. The summed E-state index contributed by atoms with van der Waals surface area (Å²) in [7, 11) is 0. The van der Waals surface area contributed by atoms with Gasteiger partial charge in [0.15, 0.2) is 0 Å². The highest BCUT2D eigenvalue weighted by Gasteiger charge is 2.03. The van der Waals surface area contributed by atoms with Crippen LogP contribution < -0.4 is 5.32 Å². The molecule has 2 rings (SSSR count). The summed E-state index contributed by atoms with van der Waals surface area (Å²) in [5.41, 5.74) is 0. The summed E-state index contributed by atoms with van der Waals surface area (Å²) in [5, 5.41) is 3.32. The number of nitrogens with zero attached hydrogens (tertiary/aromatic N) is 1. The Kier molecular flexibility index (Phi) is 3.96. The minimum atomic E-state index is 0.764. The smallest absolute Gasteiger partial charge is 0.120 e. The van der Waals surface area contributed by atoms with Gasteiger partial charge >= 0.3 is 0 Å². The van der Waals surface area contributed by atoms with Gasteiger partial charge in [-0.2, -0.15) is 0 Å². The van der Waals surface area contributed by atoms with Gasteiger partial charge in [0.05, 0.1) is 10.3 Å². The van der Waals surface area contributed by atoms with E-state index in [1.54, 1.807) is 17.5 Å². The zero-order valence-corrected chi connectivity index (χ0v) is 11.7. The number of aromatic amines is 1. The van der Waals surface area contributed by atoms with Crippen molar-refractivity contribution < 1.29 is 0 Å². The van der Waals surface area contributed by atoms with E-state index in [1.165, 1.54) is 4.88 Å². The van der Waals surface area contributed by atoms with Gasteiger partial charge in [-0.1, -0.05) is 0 Å². The first-order valence-corrected chi connectivity index (χ1v) is 6.78. The second kappa shape index (κ2) is 5.25. The number of thiophene rings is 1. The largest absolute Gasteiger partial charge is 0.348 e. The van der Waals surface area contributed by atoms with Crippen molar-refractivity contribution in [3.8, 4) is 0 Å². The molecule has 0 aliphatic heterocycles. The number of rotatable bonds is 4. The van der Waals surface area contributed by atoms with Gasteiger partial charge in [-0.05, 0) is 37.9 Å². The van der Waals surface area contributed by atoms with E-state index in [1.807, 2.05) is 6.20 Å². The standard InChI is InChI=1S/C9H9Br2N3S/c10-7-3-6(15-9(7)11)4-12-5-8-13-1-2-14-8/h1-3,12H,4-5H2,(H,13,14). The molecule has 0 atom stereocenters. The molecule has 0 fully saturated rings. The van der Waals surface area contributed by atoms with Crippen LogP contribution in [0.25, 0.3) is 0 Å². The fraction of sp³-hybridized carbons (Fsp3) is 0.222. The molecule has 3 nitrogen and oxygen atoms in total. The first kappa shape index (κ1) is 11.3. The van der Waals surface area contributed by atoms with Crippen molar-refractivity contribution in [1.29, 1.82) is 0 Å². The molecule has 6 heteroatoms. The van der Waals surface area contributed by atoms with Crippen LogP contribution in [0.1, 0.15) is 10.7 Å². The Balaban J connectivity index is 1.83. The van der Waals surface area contributed by atoms with E-state index in [0.717, 1.165) is 27.2 Å².